The summed E-state index contributed by atoms with van der Waals surface area (Å²) in [7, 11) is 1.80. The molecule has 1 amide bonds. The molecule has 2 rings (SSSR count). The van der Waals surface area contributed by atoms with Crippen LogP contribution in [0.5, 0.6) is 0 Å². The number of thiophene rings is 1. The molecule has 0 saturated heterocycles. The average molecular weight is 279 g/mol. The summed E-state index contributed by atoms with van der Waals surface area (Å²) in [6.45, 7) is 2.77. The van der Waals surface area contributed by atoms with Gasteiger partial charge in [0.1, 0.15) is 5.69 Å². The van der Waals surface area contributed by atoms with Gasteiger partial charge in [-0.1, -0.05) is 6.07 Å². The van der Waals surface area contributed by atoms with E-state index in [1.54, 1.807) is 34.2 Å². The van der Waals surface area contributed by atoms with Crippen LogP contribution in [-0.2, 0) is 7.05 Å². The molecule has 0 fully saturated rings. The van der Waals surface area contributed by atoms with Gasteiger partial charge in [-0.25, -0.2) is 0 Å². The fourth-order valence-electron chi connectivity index (χ4n) is 1.93. The van der Waals surface area contributed by atoms with Crippen LogP contribution in [0.25, 0.3) is 10.6 Å². The Labute approximate surface area is 116 Å². The van der Waals surface area contributed by atoms with Crippen LogP contribution in [0.3, 0.4) is 0 Å². The molecule has 102 valence electrons. The summed E-state index contributed by atoms with van der Waals surface area (Å²) in [6.07, 6.45) is 1.73. The SMILES string of the molecule is CCN(CCO)C(=O)c1cn(C)nc1-c1cccs1. The lowest BCUT2D eigenvalue weighted by Gasteiger charge is -2.19. The zero-order chi connectivity index (χ0) is 13.8. The van der Waals surface area contributed by atoms with Crippen LogP contribution in [0, 0.1) is 0 Å². The van der Waals surface area contributed by atoms with Gasteiger partial charge in [0.25, 0.3) is 5.91 Å². The topological polar surface area (TPSA) is 58.4 Å². The second-order valence-corrected chi connectivity index (χ2v) is 5.10. The fraction of sp³-hybridized carbons (Fsp3) is 0.385. The minimum absolute atomic E-state index is 0.0336. The lowest BCUT2D eigenvalue weighted by Crippen LogP contribution is -2.33. The van der Waals surface area contributed by atoms with Gasteiger partial charge in [-0.15, -0.1) is 11.3 Å². The third kappa shape index (κ3) is 2.85. The molecule has 0 aliphatic rings. The van der Waals surface area contributed by atoms with Gasteiger partial charge in [0.15, 0.2) is 0 Å². The molecule has 2 aromatic heterocycles. The number of amides is 1. The number of likely N-dealkylation sites (N-methyl/N-ethyl adjacent to an activating group) is 1. The Hall–Kier alpha value is -1.66. The number of aliphatic hydroxyl groups is 1. The van der Waals surface area contributed by atoms with Gasteiger partial charge >= 0.3 is 0 Å². The summed E-state index contributed by atoms with van der Waals surface area (Å²) in [5.41, 5.74) is 1.29. The van der Waals surface area contributed by atoms with E-state index in [0.717, 1.165) is 4.88 Å². The third-order valence-electron chi connectivity index (χ3n) is 2.85. The van der Waals surface area contributed by atoms with E-state index in [0.29, 0.717) is 24.3 Å². The highest BCUT2D eigenvalue weighted by atomic mass is 32.1. The highest BCUT2D eigenvalue weighted by Crippen LogP contribution is 2.27. The molecule has 0 saturated carbocycles. The van der Waals surface area contributed by atoms with Gasteiger partial charge in [0.05, 0.1) is 17.0 Å². The quantitative estimate of drug-likeness (QED) is 0.904. The molecule has 0 spiro atoms. The minimum Gasteiger partial charge on any atom is -0.395 e. The molecule has 0 unspecified atom stereocenters. The van der Waals surface area contributed by atoms with Crippen molar-refractivity contribution in [2.45, 2.75) is 6.92 Å². The number of aryl methyl sites for hydroxylation is 1. The van der Waals surface area contributed by atoms with Crippen LogP contribution >= 0.6 is 11.3 Å². The van der Waals surface area contributed by atoms with Gasteiger partial charge in [-0.2, -0.15) is 5.10 Å². The van der Waals surface area contributed by atoms with Crippen LogP contribution in [0.1, 0.15) is 17.3 Å². The largest absolute Gasteiger partial charge is 0.395 e. The van der Waals surface area contributed by atoms with Crippen molar-refractivity contribution in [2.24, 2.45) is 7.05 Å². The van der Waals surface area contributed by atoms with Crippen molar-refractivity contribution in [3.05, 3.63) is 29.3 Å². The smallest absolute Gasteiger partial charge is 0.257 e. The average Bonchev–Trinajstić information content (AvgIpc) is 3.03. The van der Waals surface area contributed by atoms with Crippen molar-refractivity contribution in [2.75, 3.05) is 19.7 Å². The number of nitrogens with zero attached hydrogens (tertiary/aromatic N) is 3. The van der Waals surface area contributed by atoms with Crippen LogP contribution in [0.15, 0.2) is 23.7 Å². The van der Waals surface area contributed by atoms with Crippen molar-refractivity contribution in [1.82, 2.24) is 14.7 Å². The highest BCUT2D eigenvalue weighted by Gasteiger charge is 2.21. The first-order valence-electron chi connectivity index (χ1n) is 6.15. The van der Waals surface area contributed by atoms with E-state index in [-0.39, 0.29) is 12.5 Å². The highest BCUT2D eigenvalue weighted by molar-refractivity contribution is 7.13. The zero-order valence-electron chi connectivity index (χ0n) is 11.0. The molecule has 0 aromatic carbocycles. The van der Waals surface area contributed by atoms with Gasteiger partial charge in [0, 0.05) is 26.3 Å². The molecule has 0 radical (unpaired) electrons. The molecule has 0 aliphatic heterocycles. The molecule has 0 aliphatic carbocycles. The van der Waals surface area contributed by atoms with E-state index in [2.05, 4.69) is 5.10 Å². The number of aromatic nitrogens is 2. The Morgan fingerprint density at radius 3 is 2.95 bits per heavy atom. The molecule has 19 heavy (non-hydrogen) atoms. The normalized spacial score (nSPS) is 10.7. The number of hydrogen-bond acceptors (Lipinski definition) is 4. The predicted molar refractivity (Wildman–Crippen MR) is 75.2 cm³/mol. The Kier molecular flexibility index (Phi) is 4.34. The number of carbonyl (C=O) groups is 1. The number of carbonyl (C=O) groups excluding carboxylic acids is 1. The lowest BCUT2D eigenvalue weighted by atomic mass is 10.2. The number of aliphatic hydroxyl groups excluding tert-OH is 1. The Morgan fingerprint density at radius 2 is 2.37 bits per heavy atom. The maximum Gasteiger partial charge on any atom is 0.257 e. The molecule has 0 atom stereocenters. The first-order chi connectivity index (χ1) is 9.17. The van der Waals surface area contributed by atoms with Crippen molar-refractivity contribution < 1.29 is 9.90 Å². The first-order valence-corrected chi connectivity index (χ1v) is 7.03. The molecule has 6 heteroatoms. The van der Waals surface area contributed by atoms with Gasteiger partial charge in [-0.3, -0.25) is 9.48 Å². The maximum absolute atomic E-state index is 12.5. The van der Waals surface area contributed by atoms with E-state index in [1.165, 1.54) is 0 Å². The van der Waals surface area contributed by atoms with Gasteiger partial charge in [0.2, 0.25) is 0 Å². The Balaban J connectivity index is 2.37. The van der Waals surface area contributed by atoms with Crippen molar-refractivity contribution in [1.29, 1.82) is 0 Å². The first kappa shape index (κ1) is 13.8. The van der Waals surface area contributed by atoms with E-state index >= 15 is 0 Å². The second-order valence-electron chi connectivity index (χ2n) is 4.15. The second kappa shape index (κ2) is 5.99. The van der Waals surface area contributed by atoms with E-state index < -0.39 is 0 Å². The standard InChI is InChI=1S/C13H17N3O2S/c1-3-16(6-7-17)13(18)10-9-15(2)14-12(10)11-5-4-8-19-11/h4-5,8-9,17H,3,6-7H2,1-2H3. The van der Waals surface area contributed by atoms with Crippen LogP contribution < -0.4 is 0 Å². The maximum atomic E-state index is 12.5. The van der Waals surface area contributed by atoms with Gasteiger partial charge in [-0.05, 0) is 18.4 Å². The van der Waals surface area contributed by atoms with Crippen LogP contribution in [0.4, 0.5) is 0 Å². The summed E-state index contributed by atoms with van der Waals surface area (Å²) >= 11 is 1.56. The van der Waals surface area contributed by atoms with Crippen LogP contribution in [-0.4, -0.2) is 45.4 Å². The summed E-state index contributed by atoms with van der Waals surface area (Å²) < 4.78 is 1.65. The lowest BCUT2D eigenvalue weighted by molar-refractivity contribution is 0.0732. The molecule has 5 nitrogen and oxygen atoms in total. The molecule has 1 N–H and O–H groups in total. The summed E-state index contributed by atoms with van der Waals surface area (Å²) in [4.78, 5) is 15.1. The summed E-state index contributed by atoms with van der Waals surface area (Å²) in [5.74, 6) is -0.0898. The van der Waals surface area contributed by atoms with E-state index in [4.69, 9.17) is 5.11 Å². The third-order valence-corrected chi connectivity index (χ3v) is 3.73. The molecule has 2 heterocycles. The molecular formula is C13H17N3O2S. The van der Waals surface area contributed by atoms with E-state index in [1.807, 2.05) is 24.4 Å². The number of rotatable bonds is 5. The summed E-state index contributed by atoms with van der Waals surface area (Å²) in [6, 6.07) is 3.89. The van der Waals surface area contributed by atoms with Crippen molar-refractivity contribution in [3.63, 3.8) is 0 Å². The number of hydrogen-bond donors (Lipinski definition) is 1. The summed E-state index contributed by atoms with van der Waals surface area (Å²) in [5, 5.41) is 15.3. The molecule has 0 bridgehead atoms. The molecule has 2 aromatic rings. The Morgan fingerprint density at radius 1 is 1.58 bits per heavy atom. The fourth-order valence-corrected chi connectivity index (χ4v) is 2.66. The zero-order valence-corrected chi connectivity index (χ0v) is 11.9. The van der Waals surface area contributed by atoms with Crippen molar-refractivity contribution >= 4 is 17.2 Å². The van der Waals surface area contributed by atoms with Crippen molar-refractivity contribution in [3.8, 4) is 10.6 Å². The monoisotopic (exact) mass is 279 g/mol. The minimum atomic E-state index is -0.0898. The van der Waals surface area contributed by atoms with Crippen LogP contribution in [0.2, 0.25) is 0 Å². The Bertz CT molecular complexity index is 548. The predicted octanol–water partition coefficient (Wildman–Crippen LogP) is 1.60. The van der Waals surface area contributed by atoms with Gasteiger partial charge < -0.3 is 10.0 Å². The molecular weight excluding hydrogens is 262 g/mol. The van der Waals surface area contributed by atoms with E-state index in [9.17, 15) is 4.79 Å².